The van der Waals surface area contributed by atoms with Gasteiger partial charge in [-0.15, -0.1) is 0 Å². The fourth-order valence-electron chi connectivity index (χ4n) is 1.82. The first kappa shape index (κ1) is 14.9. The second-order valence-corrected chi connectivity index (χ2v) is 4.51. The molecule has 0 bridgehead atoms. The Labute approximate surface area is 124 Å². The van der Waals surface area contributed by atoms with E-state index in [9.17, 15) is 4.79 Å². The van der Waals surface area contributed by atoms with Gasteiger partial charge in [0.05, 0.1) is 6.54 Å². The lowest BCUT2D eigenvalue weighted by Crippen LogP contribution is -2.22. The molecular weight excluding hydrogens is 264 g/mol. The first-order valence-electron chi connectivity index (χ1n) is 6.87. The van der Waals surface area contributed by atoms with Crippen molar-refractivity contribution in [2.45, 2.75) is 19.9 Å². The second kappa shape index (κ2) is 7.32. The highest BCUT2D eigenvalue weighted by atomic mass is 16.3. The lowest BCUT2D eigenvalue weighted by Gasteiger charge is -2.03. The minimum atomic E-state index is -0.207. The van der Waals surface area contributed by atoms with Gasteiger partial charge in [0, 0.05) is 18.5 Å². The molecule has 1 heterocycles. The van der Waals surface area contributed by atoms with Crippen LogP contribution in [0, 0.1) is 11.8 Å². The molecule has 0 aliphatic rings. The first-order valence-corrected chi connectivity index (χ1v) is 6.87. The zero-order valence-corrected chi connectivity index (χ0v) is 12.0. The summed E-state index contributed by atoms with van der Waals surface area (Å²) in [6.07, 6.45) is 0.776. The van der Waals surface area contributed by atoms with E-state index in [1.165, 1.54) is 0 Å². The maximum Gasteiger partial charge on any atom is 0.287 e. The van der Waals surface area contributed by atoms with Crippen LogP contribution in [-0.4, -0.2) is 12.5 Å². The molecule has 4 heteroatoms. The molecular formula is C17H18N2O2. The molecule has 3 N–H and O–H groups in total. The molecule has 1 aromatic carbocycles. The van der Waals surface area contributed by atoms with Crippen molar-refractivity contribution in [2.24, 2.45) is 5.73 Å². The van der Waals surface area contributed by atoms with Crippen LogP contribution in [0.25, 0.3) is 0 Å². The van der Waals surface area contributed by atoms with Crippen molar-refractivity contribution in [2.75, 3.05) is 6.54 Å². The van der Waals surface area contributed by atoms with E-state index in [0.717, 1.165) is 23.3 Å². The number of hydrogen-bond donors (Lipinski definition) is 2. The average Bonchev–Trinajstić information content (AvgIpc) is 3.00. The second-order valence-electron chi connectivity index (χ2n) is 4.51. The van der Waals surface area contributed by atoms with Crippen LogP contribution in [0.2, 0.25) is 0 Å². The summed E-state index contributed by atoms with van der Waals surface area (Å²) in [6.45, 7) is 2.78. The fourth-order valence-corrected chi connectivity index (χ4v) is 1.82. The topological polar surface area (TPSA) is 68.3 Å². The Balaban J connectivity index is 1.91. The maximum absolute atomic E-state index is 11.9. The third kappa shape index (κ3) is 4.23. The Kier molecular flexibility index (Phi) is 5.19. The Hall–Kier alpha value is -2.51. The standard InChI is InChI=1S/C17H18N2O2/c1-2-15-9-10-16(21-15)17(20)19-12-14-7-5-13(6-8-14)4-3-11-18/h5-10H,2,11-12,18H2,1H3,(H,19,20). The summed E-state index contributed by atoms with van der Waals surface area (Å²) in [6, 6.07) is 11.2. The van der Waals surface area contributed by atoms with Gasteiger partial charge in [-0.1, -0.05) is 30.9 Å². The van der Waals surface area contributed by atoms with Crippen LogP contribution < -0.4 is 11.1 Å². The van der Waals surface area contributed by atoms with E-state index in [1.54, 1.807) is 6.07 Å². The van der Waals surface area contributed by atoms with Crippen molar-refractivity contribution in [3.63, 3.8) is 0 Å². The predicted molar refractivity (Wildman–Crippen MR) is 81.6 cm³/mol. The summed E-state index contributed by atoms with van der Waals surface area (Å²) in [7, 11) is 0. The van der Waals surface area contributed by atoms with Gasteiger partial charge in [0.25, 0.3) is 5.91 Å². The zero-order chi connectivity index (χ0) is 15.1. The Morgan fingerprint density at radius 1 is 1.24 bits per heavy atom. The number of benzene rings is 1. The summed E-state index contributed by atoms with van der Waals surface area (Å²) in [5.74, 6) is 6.70. The summed E-state index contributed by atoms with van der Waals surface area (Å²) in [5.41, 5.74) is 7.24. The van der Waals surface area contributed by atoms with Gasteiger partial charge < -0.3 is 15.5 Å². The molecule has 2 rings (SSSR count). The van der Waals surface area contributed by atoms with Gasteiger partial charge in [-0.05, 0) is 29.8 Å². The van der Waals surface area contributed by atoms with Crippen molar-refractivity contribution in [3.05, 3.63) is 59.0 Å². The highest BCUT2D eigenvalue weighted by Crippen LogP contribution is 2.09. The minimum Gasteiger partial charge on any atom is -0.456 e. The predicted octanol–water partition coefficient (Wildman–Crippen LogP) is 2.08. The molecule has 0 aliphatic carbocycles. The molecule has 0 unspecified atom stereocenters. The van der Waals surface area contributed by atoms with E-state index in [2.05, 4.69) is 17.2 Å². The van der Waals surface area contributed by atoms with E-state index in [-0.39, 0.29) is 5.91 Å². The first-order chi connectivity index (χ1) is 10.2. The number of amides is 1. The normalized spacial score (nSPS) is 9.81. The Bertz CT molecular complexity index is 660. The van der Waals surface area contributed by atoms with Gasteiger partial charge in [-0.3, -0.25) is 4.79 Å². The Morgan fingerprint density at radius 3 is 2.62 bits per heavy atom. The van der Waals surface area contributed by atoms with Gasteiger partial charge in [-0.25, -0.2) is 0 Å². The summed E-state index contributed by atoms with van der Waals surface area (Å²) in [4.78, 5) is 11.9. The maximum atomic E-state index is 11.9. The van der Waals surface area contributed by atoms with Crippen molar-refractivity contribution in [1.29, 1.82) is 0 Å². The smallest absolute Gasteiger partial charge is 0.287 e. The number of furan rings is 1. The van der Waals surface area contributed by atoms with Crippen LogP contribution in [0.15, 0.2) is 40.8 Å². The number of rotatable bonds is 4. The molecule has 1 aromatic heterocycles. The quantitative estimate of drug-likeness (QED) is 0.844. The number of hydrogen-bond acceptors (Lipinski definition) is 3. The van der Waals surface area contributed by atoms with Crippen LogP contribution in [-0.2, 0) is 13.0 Å². The molecule has 0 fully saturated rings. The average molecular weight is 282 g/mol. The van der Waals surface area contributed by atoms with Crippen LogP contribution in [0.3, 0.4) is 0 Å². The highest BCUT2D eigenvalue weighted by Gasteiger charge is 2.09. The van der Waals surface area contributed by atoms with Gasteiger partial charge in [-0.2, -0.15) is 0 Å². The lowest BCUT2D eigenvalue weighted by atomic mass is 10.1. The molecule has 2 aromatic rings. The van der Waals surface area contributed by atoms with E-state index in [1.807, 2.05) is 37.3 Å². The van der Waals surface area contributed by atoms with Crippen LogP contribution >= 0.6 is 0 Å². The number of carbonyl (C=O) groups excluding carboxylic acids is 1. The van der Waals surface area contributed by atoms with E-state index in [0.29, 0.717) is 18.8 Å². The van der Waals surface area contributed by atoms with Crippen LogP contribution in [0.1, 0.15) is 34.4 Å². The Morgan fingerprint density at radius 2 is 2.00 bits per heavy atom. The van der Waals surface area contributed by atoms with Crippen molar-refractivity contribution >= 4 is 5.91 Å². The number of aryl methyl sites for hydroxylation is 1. The van der Waals surface area contributed by atoms with E-state index >= 15 is 0 Å². The molecule has 0 saturated heterocycles. The van der Waals surface area contributed by atoms with Crippen LogP contribution in [0.5, 0.6) is 0 Å². The molecule has 0 radical (unpaired) electrons. The molecule has 108 valence electrons. The lowest BCUT2D eigenvalue weighted by molar-refractivity contribution is 0.0921. The highest BCUT2D eigenvalue weighted by molar-refractivity contribution is 5.91. The molecule has 0 saturated carbocycles. The van der Waals surface area contributed by atoms with E-state index < -0.39 is 0 Å². The zero-order valence-electron chi connectivity index (χ0n) is 12.0. The number of nitrogens with one attached hydrogen (secondary N) is 1. The summed E-state index contributed by atoms with van der Waals surface area (Å²) in [5, 5.41) is 2.83. The molecule has 4 nitrogen and oxygen atoms in total. The molecule has 0 atom stereocenters. The van der Waals surface area contributed by atoms with E-state index in [4.69, 9.17) is 10.2 Å². The SMILES string of the molecule is CCc1ccc(C(=O)NCc2ccc(C#CCN)cc2)o1. The third-order valence-electron chi connectivity index (χ3n) is 2.98. The monoisotopic (exact) mass is 282 g/mol. The largest absolute Gasteiger partial charge is 0.456 e. The summed E-state index contributed by atoms with van der Waals surface area (Å²) < 4.78 is 5.40. The molecule has 0 spiro atoms. The van der Waals surface area contributed by atoms with Crippen molar-refractivity contribution < 1.29 is 9.21 Å². The van der Waals surface area contributed by atoms with Gasteiger partial charge in [0.1, 0.15) is 5.76 Å². The van der Waals surface area contributed by atoms with Gasteiger partial charge in [0.2, 0.25) is 0 Å². The minimum absolute atomic E-state index is 0.207. The molecule has 1 amide bonds. The third-order valence-corrected chi connectivity index (χ3v) is 2.98. The fraction of sp³-hybridized carbons (Fsp3) is 0.235. The number of nitrogens with two attached hydrogens (primary N) is 1. The molecule has 0 aliphatic heterocycles. The van der Waals surface area contributed by atoms with Crippen LogP contribution in [0.4, 0.5) is 0 Å². The van der Waals surface area contributed by atoms with Gasteiger partial charge in [0.15, 0.2) is 5.76 Å². The number of carbonyl (C=O) groups is 1. The van der Waals surface area contributed by atoms with Gasteiger partial charge >= 0.3 is 0 Å². The molecule has 21 heavy (non-hydrogen) atoms. The van der Waals surface area contributed by atoms with Crippen molar-refractivity contribution in [3.8, 4) is 11.8 Å². The summed E-state index contributed by atoms with van der Waals surface area (Å²) >= 11 is 0. The van der Waals surface area contributed by atoms with Crippen molar-refractivity contribution in [1.82, 2.24) is 5.32 Å².